The molecule has 10 heteroatoms. The van der Waals surface area contributed by atoms with Gasteiger partial charge in [-0.3, -0.25) is 4.79 Å². The fraction of sp³-hybridized carbons (Fsp3) is 0.176. The Balaban J connectivity index is 2.11. The summed E-state index contributed by atoms with van der Waals surface area (Å²) in [6.45, 7) is 1.37. The predicted molar refractivity (Wildman–Crippen MR) is 108 cm³/mol. The lowest BCUT2D eigenvalue weighted by molar-refractivity contribution is -0.121. The zero-order valence-corrected chi connectivity index (χ0v) is 17.4. The number of carbonyl (C=O) groups excluding carboxylic acids is 1. The van der Waals surface area contributed by atoms with E-state index in [1.54, 1.807) is 42.2 Å². The molecule has 0 aliphatic heterocycles. The quantitative estimate of drug-likeness (QED) is 0.378. The van der Waals surface area contributed by atoms with Crippen LogP contribution in [0.1, 0.15) is 17.3 Å². The molecule has 2 aromatic carbocycles. The molecule has 1 amide bonds. The summed E-state index contributed by atoms with van der Waals surface area (Å²) in [6, 6.07) is 6.90. The van der Waals surface area contributed by atoms with Crippen LogP contribution >= 0.6 is 39.1 Å². The highest BCUT2D eigenvalue weighted by atomic mass is 79.9. The van der Waals surface area contributed by atoms with Gasteiger partial charge in [-0.25, -0.2) is 15.3 Å². The highest BCUT2D eigenvalue weighted by molar-refractivity contribution is 9.10. The van der Waals surface area contributed by atoms with E-state index in [1.165, 1.54) is 6.92 Å². The van der Waals surface area contributed by atoms with Gasteiger partial charge < -0.3 is 15.0 Å². The highest BCUT2D eigenvalue weighted by Crippen LogP contribution is 2.37. The van der Waals surface area contributed by atoms with Crippen LogP contribution in [0.3, 0.4) is 0 Å². The van der Waals surface area contributed by atoms with Crippen molar-refractivity contribution in [3.05, 3.63) is 50.7 Å². The number of amides is 1. The second-order valence-corrected chi connectivity index (χ2v) is 7.43. The largest absolute Gasteiger partial charge is 0.366 e. The first-order chi connectivity index (χ1) is 12.8. The maximum Gasteiger partial charge on any atom is 0.277 e. The van der Waals surface area contributed by atoms with Crippen molar-refractivity contribution in [1.82, 2.24) is 15.0 Å². The highest BCUT2D eigenvalue weighted by Gasteiger charge is 2.21. The molecule has 0 saturated heterocycles. The Bertz CT molecular complexity index is 1020. The lowest BCUT2D eigenvalue weighted by Crippen LogP contribution is -2.28. The summed E-state index contributed by atoms with van der Waals surface area (Å²) in [5.41, 5.74) is 4.47. The number of rotatable bonds is 5. The van der Waals surface area contributed by atoms with Crippen LogP contribution < -0.4 is 10.8 Å². The number of carbonyl (C=O) groups is 1. The molecule has 7 nitrogen and oxygen atoms in total. The molecular formula is C17H15BrCl2N4O3. The van der Waals surface area contributed by atoms with Crippen molar-refractivity contribution in [2.75, 3.05) is 5.32 Å². The minimum absolute atomic E-state index is 0.204. The Morgan fingerprint density at radius 2 is 2.11 bits per heavy atom. The zero-order valence-electron chi connectivity index (χ0n) is 14.3. The number of aromatic nitrogens is 2. The molecule has 3 N–H and O–H groups in total. The average Bonchev–Trinajstić information content (AvgIpc) is 2.98. The van der Waals surface area contributed by atoms with Crippen LogP contribution in [0.25, 0.3) is 11.0 Å². The number of aliphatic hydroxyl groups excluding tert-OH is 1. The van der Waals surface area contributed by atoms with Gasteiger partial charge in [-0.2, -0.15) is 0 Å². The van der Waals surface area contributed by atoms with Crippen molar-refractivity contribution in [2.45, 2.75) is 13.2 Å². The van der Waals surface area contributed by atoms with E-state index in [1.807, 2.05) is 0 Å². The van der Waals surface area contributed by atoms with Crippen LogP contribution in [-0.2, 0) is 11.9 Å². The molecule has 0 fully saturated rings. The van der Waals surface area contributed by atoms with E-state index in [0.717, 1.165) is 4.47 Å². The van der Waals surface area contributed by atoms with E-state index >= 15 is 0 Å². The van der Waals surface area contributed by atoms with Gasteiger partial charge in [0, 0.05) is 11.5 Å². The molecule has 142 valence electrons. The van der Waals surface area contributed by atoms with E-state index in [-0.39, 0.29) is 10.6 Å². The molecule has 0 saturated carbocycles. The van der Waals surface area contributed by atoms with Crippen LogP contribution in [0.2, 0.25) is 10.0 Å². The summed E-state index contributed by atoms with van der Waals surface area (Å²) in [4.78, 5) is 21.7. The molecule has 3 aromatic rings. The number of nitrogens with one attached hydrogen (secondary N) is 2. The molecule has 27 heavy (non-hydrogen) atoms. The Kier molecular flexibility index (Phi) is 5.92. The number of aryl methyl sites for hydroxylation is 1. The molecule has 0 radical (unpaired) electrons. The molecular weight excluding hydrogens is 459 g/mol. The third kappa shape index (κ3) is 4.20. The maximum atomic E-state index is 12.6. The predicted octanol–water partition coefficient (Wildman–Crippen LogP) is 4.39. The van der Waals surface area contributed by atoms with Crippen LogP contribution in [0.4, 0.5) is 11.4 Å². The number of aliphatic hydroxyl groups is 1. The summed E-state index contributed by atoms with van der Waals surface area (Å²) in [5.74, 6) is -0.586. The number of imidazole rings is 1. The third-order valence-electron chi connectivity index (χ3n) is 3.72. The van der Waals surface area contributed by atoms with E-state index in [9.17, 15) is 9.90 Å². The molecule has 1 heterocycles. The number of hydrogen-bond acceptors (Lipinski definition) is 5. The van der Waals surface area contributed by atoms with Gasteiger partial charge >= 0.3 is 0 Å². The van der Waals surface area contributed by atoms with E-state index in [2.05, 4.69) is 31.7 Å². The summed E-state index contributed by atoms with van der Waals surface area (Å²) >= 11 is 16.2. The minimum Gasteiger partial charge on any atom is -0.366 e. The first kappa shape index (κ1) is 19.9. The van der Waals surface area contributed by atoms with Gasteiger partial charge in [0.2, 0.25) is 0 Å². The second kappa shape index (κ2) is 8.04. The fourth-order valence-corrected chi connectivity index (χ4v) is 3.46. The number of anilines is 2. The molecule has 0 spiro atoms. The minimum atomic E-state index is -1.16. The Hall–Kier alpha value is -1.84. The van der Waals surface area contributed by atoms with Crippen molar-refractivity contribution < 1.29 is 14.7 Å². The fourth-order valence-electron chi connectivity index (χ4n) is 2.45. The summed E-state index contributed by atoms with van der Waals surface area (Å²) in [5, 5.41) is 13.0. The molecule has 0 aliphatic rings. The second-order valence-electron chi connectivity index (χ2n) is 5.73. The van der Waals surface area contributed by atoms with Crippen LogP contribution in [0.15, 0.2) is 35.1 Å². The first-order valence-corrected chi connectivity index (χ1v) is 9.32. The van der Waals surface area contributed by atoms with Gasteiger partial charge in [0.15, 0.2) is 6.29 Å². The number of fused-ring (bicyclic) bond motifs is 1. The normalized spacial score (nSPS) is 12.2. The van der Waals surface area contributed by atoms with E-state index in [0.29, 0.717) is 27.4 Å². The molecule has 3 rings (SSSR count). The third-order valence-corrected chi connectivity index (χ3v) is 4.89. The van der Waals surface area contributed by atoms with E-state index < -0.39 is 12.2 Å². The summed E-state index contributed by atoms with van der Waals surface area (Å²) in [6.07, 6.45) is 0.433. The lowest BCUT2D eigenvalue weighted by Gasteiger charge is -2.16. The Labute approximate surface area is 173 Å². The monoisotopic (exact) mass is 472 g/mol. The van der Waals surface area contributed by atoms with Crippen LogP contribution in [0.5, 0.6) is 0 Å². The molecule has 0 aliphatic carbocycles. The van der Waals surface area contributed by atoms with Gasteiger partial charge in [0.05, 0.1) is 38.8 Å². The van der Waals surface area contributed by atoms with Gasteiger partial charge in [-0.05, 0) is 31.2 Å². The Morgan fingerprint density at radius 3 is 2.78 bits per heavy atom. The summed E-state index contributed by atoms with van der Waals surface area (Å²) < 4.78 is 2.55. The van der Waals surface area contributed by atoms with Crippen LogP contribution in [-0.4, -0.2) is 26.9 Å². The maximum absolute atomic E-state index is 12.6. The van der Waals surface area contributed by atoms with Gasteiger partial charge in [-0.1, -0.05) is 39.1 Å². The standard InChI is InChI=1S/C17H15BrCl2N4O3/c1-8(25)27-23-17(26)10-6-13-16(21-7-24(13)2)14(20)15(10)22-12-4-3-9(18)5-11(12)19/h3-8,22,25H,1-2H3,(H,23,26). The SMILES string of the molecule is CC(O)ONC(=O)c1cc2c(ncn2C)c(Cl)c1Nc1ccc(Br)cc1Cl. The Morgan fingerprint density at radius 1 is 1.37 bits per heavy atom. The molecule has 0 bridgehead atoms. The van der Waals surface area contributed by atoms with Gasteiger partial charge in [0.1, 0.15) is 5.52 Å². The smallest absolute Gasteiger partial charge is 0.277 e. The number of halogens is 3. The number of benzene rings is 2. The van der Waals surface area contributed by atoms with Crippen molar-refractivity contribution in [3.63, 3.8) is 0 Å². The van der Waals surface area contributed by atoms with Crippen LogP contribution in [0, 0.1) is 0 Å². The first-order valence-electron chi connectivity index (χ1n) is 7.77. The van der Waals surface area contributed by atoms with Crippen molar-refractivity contribution >= 4 is 67.4 Å². The van der Waals surface area contributed by atoms with Crippen molar-refractivity contribution in [2.24, 2.45) is 7.05 Å². The number of hydrogen-bond donors (Lipinski definition) is 3. The average molecular weight is 474 g/mol. The van der Waals surface area contributed by atoms with Gasteiger partial charge in [0.25, 0.3) is 5.91 Å². The number of hydroxylamine groups is 1. The van der Waals surface area contributed by atoms with E-state index in [4.69, 9.17) is 28.0 Å². The van der Waals surface area contributed by atoms with Crippen molar-refractivity contribution in [1.29, 1.82) is 0 Å². The lowest BCUT2D eigenvalue weighted by atomic mass is 10.1. The van der Waals surface area contributed by atoms with Crippen molar-refractivity contribution in [3.8, 4) is 0 Å². The van der Waals surface area contributed by atoms with Gasteiger partial charge in [-0.15, -0.1) is 0 Å². The zero-order chi connectivity index (χ0) is 19.7. The molecule has 1 unspecified atom stereocenters. The summed E-state index contributed by atoms with van der Waals surface area (Å²) in [7, 11) is 1.79. The topological polar surface area (TPSA) is 88.4 Å². The number of nitrogens with zero attached hydrogens (tertiary/aromatic N) is 2. The molecule has 1 aromatic heterocycles. The molecule has 1 atom stereocenters.